The number of thioether (sulfide) groups is 1. The van der Waals surface area contributed by atoms with Gasteiger partial charge in [-0.1, -0.05) is 32.8 Å². The van der Waals surface area contributed by atoms with Crippen molar-refractivity contribution in [2.24, 2.45) is 0 Å². The first kappa shape index (κ1) is 13.6. The lowest BCUT2D eigenvalue weighted by molar-refractivity contribution is 0.515. The van der Waals surface area contributed by atoms with Crippen LogP contribution in [0.15, 0.2) is 23.7 Å². The maximum Gasteiger partial charge on any atom is 0.180 e. The van der Waals surface area contributed by atoms with Crippen molar-refractivity contribution in [3.8, 4) is 0 Å². The smallest absolute Gasteiger partial charge is 0.180 e. The topological polar surface area (TPSA) is 43.1 Å². The SMILES string of the molecule is C=C(CC)c1nnc2ccc(SC3CCCCC3)nn12. The van der Waals surface area contributed by atoms with Gasteiger partial charge in [-0.25, -0.2) is 0 Å². The molecule has 3 rings (SSSR count). The van der Waals surface area contributed by atoms with E-state index in [0.29, 0.717) is 5.25 Å². The lowest BCUT2D eigenvalue weighted by Crippen LogP contribution is -2.09. The van der Waals surface area contributed by atoms with Crippen molar-refractivity contribution in [1.82, 2.24) is 19.8 Å². The van der Waals surface area contributed by atoms with Crippen LogP contribution >= 0.6 is 11.8 Å². The predicted molar refractivity (Wildman–Crippen MR) is 82.8 cm³/mol. The van der Waals surface area contributed by atoms with Gasteiger partial charge >= 0.3 is 0 Å². The second kappa shape index (κ2) is 5.95. The summed E-state index contributed by atoms with van der Waals surface area (Å²) < 4.78 is 1.83. The summed E-state index contributed by atoms with van der Waals surface area (Å²) in [6, 6.07) is 4.05. The Hall–Kier alpha value is -1.36. The number of nitrogens with zero attached hydrogens (tertiary/aromatic N) is 4. The molecule has 0 unspecified atom stereocenters. The number of fused-ring (bicyclic) bond motifs is 1. The fraction of sp³-hybridized carbons (Fsp3) is 0.533. The maximum absolute atomic E-state index is 4.69. The van der Waals surface area contributed by atoms with E-state index in [1.54, 1.807) is 0 Å². The Bertz CT molecular complexity index is 613. The largest absolute Gasteiger partial charge is 0.192 e. The Labute approximate surface area is 123 Å². The van der Waals surface area contributed by atoms with Gasteiger partial charge in [-0.2, -0.15) is 9.61 Å². The molecule has 1 aliphatic rings. The molecule has 1 fully saturated rings. The second-order valence-corrected chi connectivity index (χ2v) is 6.62. The van der Waals surface area contributed by atoms with Gasteiger partial charge in [0.05, 0.1) is 0 Å². The van der Waals surface area contributed by atoms with Crippen molar-refractivity contribution >= 4 is 23.0 Å². The van der Waals surface area contributed by atoms with Crippen molar-refractivity contribution in [3.05, 3.63) is 24.5 Å². The van der Waals surface area contributed by atoms with E-state index in [9.17, 15) is 0 Å². The summed E-state index contributed by atoms with van der Waals surface area (Å²) in [6.07, 6.45) is 7.56. The van der Waals surface area contributed by atoms with Crippen LogP contribution in [0.25, 0.3) is 11.2 Å². The number of rotatable bonds is 4. The van der Waals surface area contributed by atoms with E-state index in [1.807, 2.05) is 22.3 Å². The van der Waals surface area contributed by atoms with Gasteiger partial charge < -0.3 is 0 Å². The molecule has 0 N–H and O–H groups in total. The zero-order valence-corrected chi connectivity index (χ0v) is 12.7. The molecule has 1 aliphatic carbocycles. The molecular formula is C15H20N4S. The molecule has 106 valence electrons. The molecule has 0 radical (unpaired) electrons. The normalized spacial score (nSPS) is 16.6. The maximum atomic E-state index is 4.69. The Morgan fingerprint density at radius 1 is 1.30 bits per heavy atom. The van der Waals surface area contributed by atoms with Crippen LogP contribution in [-0.4, -0.2) is 25.1 Å². The fourth-order valence-corrected chi connectivity index (χ4v) is 3.75. The molecule has 0 bridgehead atoms. The lowest BCUT2D eigenvalue weighted by Gasteiger charge is -2.20. The van der Waals surface area contributed by atoms with Gasteiger partial charge in [0.2, 0.25) is 0 Å². The summed E-state index contributed by atoms with van der Waals surface area (Å²) in [5, 5.41) is 14.8. The molecule has 0 atom stereocenters. The van der Waals surface area contributed by atoms with E-state index < -0.39 is 0 Å². The molecule has 2 aromatic rings. The van der Waals surface area contributed by atoms with E-state index in [4.69, 9.17) is 5.10 Å². The van der Waals surface area contributed by atoms with Gasteiger partial charge in [0.15, 0.2) is 11.5 Å². The van der Waals surface area contributed by atoms with Crippen LogP contribution in [0, 0.1) is 0 Å². The summed E-state index contributed by atoms with van der Waals surface area (Å²) >= 11 is 1.89. The van der Waals surface area contributed by atoms with E-state index >= 15 is 0 Å². The minimum absolute atomic E-state index is 0.711. The minimum atomic E-state index is 0.711. The molecule has 0 aromatic carbocycles. The zero-order chi connectivity index (χ0) is 13.9. The second-order valence-electron chi connectivity index (χ2n) is 5.30. The first-order valence-electron chi connectivity index (χ1n) is 7.35. The number of hydrogen-bond donors (Lipinski definition) is 0. The third-order valence-corrected chi connectivity index (χ3v) is 5.08. The highest BCUT2D eigenvalue weighted by Crippen LogP contribution is 2.32. The number of allylic oxidation sites excluding steroid dienone is 1. The average molecular weight is 288 g/mol. The lowest BCUT2D eigenvalue weighted by atomic mass is 10.0. The van der Waals surface area contributed by atoms with E-state index in [0.717, 1.165) is 28.5 Å². The number of hydrogen-bond acceptors (Lipinski definition) is 4. The average Bonchev–Trinajstić information content (AvgIpc) is 2.91. The van der Waals surface area contributed by atoms with Crippen molar-refractivity contribution < 1.29 is 0 Å². The first-order valence-corrected chi connectivity index (χ1v) is 8.23. The van der Waals surface area contributed by atoms with Gasteiger partial charge in [-0.05, 0) is 37.0 Å². The van der Waals surface area contributed by atoms with Crippen LogP contribution < -0.4 is 0 Å². The summed E-state index contributed by atoms with van der Waals surface area (Å²) in [5.74, 6) is 0.786. The standard InChI is InChI=1S/C15H20N4S/c1-3-11(2)15-17-16-13-9-10-14(18-19(13)15)20-12-7-5-4-6-8-12/h9-10,12H,2-8H2,1H3. The quantitative estimate of drug-likeness (QED) is 0.853. The zero-order valence-electron chi connectivity index (χ0n) is 11.9. The van der Waals surface area contributed by atoms with Crippen molar-refractivity contribution in [3.63, 3.8) is 0 Å². The van der Waals surface area contributed by atoms with Crippen LogP contribution in [0.5, 0.6) is 0 Å². The molecular weight excluding hydrogens is 268 g/mol. The first-order chi connectivity index (χ1) is 9.78. The highest BCUT2D eigenvalue weighted by atomic mass is 32.2. The molecule has 2 heterocycles. The molecule has 0 aliphatic heterocycles. The Kier molecular flexibility index (Phi) is 4.05. The third kappa shape index (κ3) is 2.73. The van der Waals surface area contributed by atoms with Gasteiger partial charge in [0.25, 0.3) is 0 Å². The van der Waals surface area contributed by atoms with Crippen LogP contribution in [0.2, 0.25) is 0 Å². The molecule has 20 heavy (non-hydrogen) atoms. The summed E-state index contributed by atoms with van der Waals surface area (Å²) in [5.41, 5.74) is 1.77. The van der Waals surface area contributed by atoms with Gasteiger partial charge in [-0.15, -0.1) is 22.0 Å². The van der Waals surface area contributed by atoms with Crippen LogP contribution in [-0.2, 0) is 0 Å². The molecule has 4 nitrogen and oxygen atoms in total. The van der Waals surface area contributed by atoms with Crippen LogP contribution in [0.1, 0.15) is 51.3 Å². The van der Waals surface area contributed by atoms with Crippen molar-refractivity contribution in [2.75, 3.05) is 0 Å². The summed E-state index contributed by atoms with van der Waals surface area (Å²) in [7, 11) is 0. The van der Waals surface area contributed by atoms with Crippen LogP contribution in [0.4, 0.5) is 0 Å². The van der Waals surface area contributed by atoms with Gasteiger partial charge in [-0.3, -0.25) is 0 Å². The van der Waals surface area contributed by atoms with Crippen molar-refractivity contribution in [1.29, 1.82) is 0 Å². The summed E-state index contributed by atoms with van der Waals surface area (Å²) in [4.78, 5) is 0. The van der Waals surface area contributed by atoms with E-state index in [1.165, 1.54) is 32.1 Å². The van der Waals surface area contributed by atoms with E-state index in [2.05, 4.69) is 29.8 Å². The molecule has 1 saturated carbocycles. The highest BCUT2D eigenvalue weighted by Gasteiger charge is 2.16. The molecule has 0 amide bonds. The molecule has 2 aromatic heterocycles. The minimum Gasteiger partial charge on any atom is -0.192 e. The fourth-order valence-electron chi connectivity index (χ4n) is 2.57. The monoisotopic (exact) mass is 288 g/mol. The third-order valence-electron chi connectivity index (χ3n) is 3.82. The Morgan fingerprint density at radius 3 is 2.85 bits per heavy atom. The molecule has 0 saturated heterocycles. The van der Waals surface area contributed by atoms with Gasteiger partial charge in [0, 0.05) is 5.25 Å². The summed E-state index contributed by atoms with van der Waals surface area (Å²) in [6.45, 7) is 6.11. The molecule has 5 heteroatoms. The van der Waals surface area contributed by atoms with Gasteiger partial charge in [0.1, 0.15) is 5.03 Å². The Morgan fingerprint density at radius 2 is 2.10 bits per heavy atom. The predicted octanol–water partition coefficient (Wildman–Crippen LogP) is 3.97. The van der Waals surface area contributed by atoms with Crippen LogP contribution in [0.3, 0.4) is 0 Å². The Balaban J connectivity index is 1.86. The number of aromatic nitrogens is 4. The highest BCUT2D eigenvalue weighted by molar-refractivity contribution is 7.99. The van der Waals surface area contributed by atoms with E-state index in [-0.39, 0.29) is 0 Å². The van der Waals surface area contributed by atoms with Crippen molar-refractivity contribution in [2.45, 2.75) is 55.7 Å². The molecule has 0 spiro atoms.